The summed E-state index contributed by atoms with van der Waals surface area (Å²) in [6.45, 7) is 9.57. The molecule has 1 N–H and O–H groups in total. The highest BCUT2D eigenvalue weighted by Gasteiger charge is 2.12. The van der Waals surface area contributed by atoms with Gasteiger partial charge in [0, 0.05) is 20.1 Å². The fourth-order valence-corrected chi connectivity index (χ4v) is 2.03. The van der Waals surface area contributed by atoms with Crippen molar-refractivity contribution in [1.29, 1.82) is 0 Å². The van der Waals surface area contributed by atoms with E-state index >= 15 is 0 Å². The summed E-state index contributed by atoms with van der Waals surface area (Å²) in [5.41, 5.74) is 2.36. The molecule has 4 nitrogen and oxygen atoms in total. The highest BCUT2D eigenvalue weighted by Crippen LogP contribution is 2.13. The van der Waals surface area contributed by atoms with Gasteiger partial charge >= 0.3 is 0 Å². The number of halogens is 1. The lowest BCUT2D eigenvalue weighted by Gasteiger charge is -2.20. The van der Waals surface area contributed by atoms with E-state index in [-0.39, 0.29) is 29.6 Å². The number of likely N-dealkylation sites (N-methyl/N-ethyl adjacent to an activating group) is 1. The number of nitrogens with zero attached hydrogens (tertiary/aromatic N) is 2. The number of guanidine groups is 1. The second-order valence-corrected chi connectivity index (χ2v) is 6.20. The molecule has 0 aliphatic carbocycles. The molecule has 1 aromatic carbocycles. The van der Waals surface area contributed by atoms with Gasteiger partial charge in [-0.05, 0) is 31.9 Å². The summed E-state index contributed by atoms with van der Waals surface area (Å²) >= 11 is 0. The second-order valence-electron chi connectivity index (χ2n) is 6.20. The number of ether oxygens (including phenoxy) is 1. The lowest BCUT2D eigenvalue weighted by atomic mass is 10.1. The maximum absolute atomic E-state index is 5.81. The van der Waals surface area contributed by atoms with Crippen LogP contribution in [0.4, 0.5) is 0 Å². The smallest absolute Gasteiger partial charge is 0.194 e. The van der Waals surface area contributed by atoms with Crippen LogP contribution in [-0.2, 0) is 17.9 Å². The van der Waals surface area contributed by atoms with Gasteiger partial charge < -0.3 is 15.0 Å². The molecule has 1 aliphatic rings. The summed E-state index contributed by atoms with van der Waals surface area (Å²) in [6.07, 6.45) is 0. The zero-order valence-corrected chi connectivity index (χ0v) is 15.7. The second kappa shape index (κ2) is 7.98. The Morgan fingerprint density at radius 3 is 2.62 bits per heavy atom. The molecule has 0 unspecified atom stereocenters. The van der Waals surface area contributed by atoms with Crippen molar-refractivity contribution in [1.82, 2.24) is 10.2 Å². The number of benzene rings is 1. The quantitative estimate of drug-likeness (QED) is 0.786. The van der Waals surface area contributed by atoms with Crippen LogP contribution in [0, 0.1) is 0 Å². The molecule has 0 atom stereocenters. The molecule has 0 spiro atoms. The first-order valence-electron chi connectivity index (χ1n) is 7.15. The van der Waals surface area contributed by atoms with Crippen LogP contribution >= 0.6 is 24.0 Å². The molecule has 0 radical (unpaired) electrons. The van der Waals surface area contributed by atoms with Crippen molar-refractivity contribution in [2.75, 3.05) is 20.1 Å². The first kappa shape index (κ1) is 18.2. The first-order valence-corrected chi connectivity index (χ1v) is 7.15. The van der Waals surface area contributed by atoms with Crippen molar-refractivity contribution < 1.29 is 4.74 Å². The van der Waals surface area contributed by atoms with Crippen LogP contribution in [-0.4, -0.2) is 36.6 Å². The number of hydrogen-bond acceptors (Lipinski definition) is 4. The number of rotatable bonds is 4. The van der Waals surface area contributed by atoms with Gasteiger partial charge in [-0.25, -0.2) is 0 Å². The van der Waals surface area contributed by atoms with Gasteiger partial charge in [0.05, 0.1) is 18.8 Å². The molecule has 1 heterocycles. The Bertz CT molecular complexity index is 483. The third-order valence-corrected chi connectivity index (χ3v) is 3.17. The summed E-state index contributed by atoms with van der Waals surface area (Å²) < 4.78 is 5.81. The van der Waals surface area contributed by atoms with E-state index in [1.54, 1.807) is 0 Å². The molecule has 0 bridgehead atoms. The molecule has 1 aliphatic heterocycles. The van der Waals surface area contributed by atoms with Crippen LogP contribution in [0.5, 0.6) is 0 Å². The lowest BCUT2D eigenvalue weighted by Crippen LogP contribution is -2.35. The van der Waals surface area contributed by atoms with E-state index < -0.39 is 0 Å². The van der Waals surface area contributed by atoms with Gasteiger partial charge in [-0.2, -0.15) is 0 Å². The topological polar surface area (TPSA) is 36.9 Å². The van der Waals surface area contributed by atoms with Crippen molar-refractivity contribution >= 4 is 29.9 Å². The average molecular weight is 403 g/mol. The summed E-state index contributed by atoms with van der Waals surface area (Å²) in [5, 5.41) is 3.38. The minimum absolute atomic E-state index is 0. The largest absolute Gasteiger partial charge is 0.371 e. The minimum Gasteiger partial charge on any atom is -0.371 e. The van der Waals surface area contributed by atoms with Gasteiger partial charge in [-0.3, -0.25) is 4.99 Å². The molecule has 118 valence electrons. The molecule has 0 saturated heterocycles. The van der Waals surface area contributed by atoms with Gasteiger partial charge in [0.15, 0.2) is 5.96 Å². The molecule has 0 saturated carbocycles. The van der Waals surface area contributed by atoms with Crippen LogP contribution in [0.3, 0.4) is 0 Å². The van der Waals surface area contributed by atoms with Crippen LogP contribution in [0.25, 0.3) is 0 Å². The molecule has 1 aromatic rings. The van der Waals surface area contributed by atoms with Crippen molar-refractivity contribution in [3.05, 3.63) is 35.4 Å². The van der Waals surface area contributed by atoms with Crippen molar-refractivity contribution in [2.24, 2.45) is 4.99 Å². The van der Waals surface area contributed by atoms with Crippen LogP contribution in [0.15, 0.2) is 29.3 Å². The van der Waals surface area contributed by atoms with E-state index in [0.29, 0.717) is 6.61 Å². The van der Waals surface area contributed by atoms with Crippen LogP contribution in [0.1, 0.15) is 31.9 Å². The van der Waals surface area contributed by atoms with Gasteiger partial charge in [0.1, 0.15) is 0 Å². The Kier molecular flexibility index (Phi) is 6.93. The maximum atomic E-state index is 5.81. The van der Waals surface area contributed by atoms with Crippen LogP contribution in [0.2, 0.25) is 0 Å². The van der Waals surface area contributed by atoms with E-state index in [9.17, 15) is 0 Å². The lowest BCUT2D eigenvalue weighted by molar-refractivity contribution is -0.0149. The summed E-state index contributed by atoms with van der Waals surface area (Å²) in [5.74, 6) is 0.987. The SMILES string of the molecule is CN1CCN=C1NCc1cccc(COC(C)(C)C)c1.I. The average Bonchev–Trinajstić information content (AvgIpc) is 2.79. The maximum Gasteiger partial charge on any atom is 0.194 e. The zero-order valence-electron chi connectivity index (χ0n) is 13.3. The predicted octanol–water partition coefficient (Wildman–Crippen LogP) is 3.01. The normalized spacial score (nSPS) is 14.7. The standard InChI is InChI=1S/C16H25N3O.HI/c1-16(2,3)20-12-14-7-5-6-13(10-14)11-18-15-17-8-9-19(15)4;/h5-7,10H,8-9,11-12H2,1-4H3,(H,17,18);1H. The molecular weight excluding hydrogens is 377 g/mol. The molecule has 0 fully saturated rings. The predicted molar refractivity (Wildman–Crippen MR) is 98.2 cm³/mol. The van der Waals surface area contributed by atoms with E-state index in [1.807, 2.05) is 0 Å². The van der Waals surface area contributed by atoms with Crippen molar-refractivity contribution in [3.8, 4) is 0 Å². The first-order chi connectivity index (χ1) is 9.44. The van der Waals surface area contributed by atoms with Gasteiger partial charge in [-0.1, -0.05) is 24.3 Å². The summed E-state index contributed by atoms with van der Waals surface area (Å²) in [6, 6.07) is 8.50. The van der Waals surface area contributed by atoms with E-state index in [4.69, 9.17) is 4.74 Å². The van der Waals surface area contributed by atoms with E-state index in [0.717, 1.165) is 25.6 Å². The van der Waals surface area contributed by atoms with Crippen molar-refractivity contribution in [3.63, 3.8) is 0 Å². The third-order valence-electron chi connectivity index (χ3n) is 3.17. The monoisotopic (exact) mass is 403 g/mol. The Morgan fingerprint density at radius 2 is 2.00 bits per heavy atom. The number of nitrogens with one attached hydrogen (secondary N) is 1. The Balaban J connectivity index is 0.00000220. The Morgan fingerprint density at radius 1 is 1.29 bits per heavy atom. The number of aliphatic imine (C=N–C) groups is 1. The van der Waals surface area contributed by atoms with Gasteiger partial charge in [-0.15, -0.1) is 24.0 Å². The van der Waals surface area contributed by atoms with Gasteiger partial charge in [0.25, 0.3) is 0 Å². The zero-order chi connectivity index (χ0) is 14.6. The molecule has 2 rings (SSSR count). The third kappa shape index (κ3) is 6.22. The fraction of sp³-hybridized carbons (Fsp3) is 0.562. The number of hydrogen-bond donors (Lipinski definition) is 1. The molecule has 5 heteroatoms. The molecule has 21 heavy (non-hydrogen) atoms. The fourth-order valence-electron chi connectivity index (χ4n) is 2.03. The van der Waals surface area contributed by atoms with E-state index in [1.165, 1.54) is 11.1 Å². The molecule has 0 amide bonds. The van der Waals surface area contributed by atoms with Crippen LogP contribution < -0.4 is 5.32 Å². The Hall–Kier alpha value is -0.820. The molecule has 0 aromatic heterocycles. The summed E-state index contributed by atoms with van der Waals surface area (Å²) in [4.78, 5) is 6.58. The minimum atomic E-state index is -0.102. The summed E-state index contributed by atoms with van der Waals surface area (Å²) in [7, 11) is 2.06. The van der Waals surface area contributed by atoms with Gasteiger partial charge in [0.2, 0.25) is 0 Å². The molecular formula is C16H26IN3O. The van der Waals surface area contributed by atoms with E-state index in [2.05, 4.69) is 67.3 Å². The highest BCUT2D eigenvalue weighted by atomic mass is 127. The van der Waals surface area contributed by atoms with Crippen molar-refractivity contribution in [2.45, 2.75) is 39.5 Å². The Labute approximate surface area is 145 Å². The highest BCUT2D eigenvalue weighted by molar-refractivity contribution is 14.0.